The summed E-state index contributed by atoms with van der Waals surface area (Å²) in [6, 6.07) is 22.4. The van der Waals surface area contributed by atoms with Gasteiger partial charge in [-0.05, 0) is 123 Å². The standard InChI is InChI=1S/C50H46O20/c1-3-41(51)59-25-5-7-27-61-49(57)67-37-21-13-31(14-22-37)45(53)65-35-17-9-33(10-18-35)47(55)69-39-29-63-44-40(30-64-43(39)44)70-48(56)34-11-19-36(20-12-34)66-46(54)32-15-23-38(24-16-32)68-50(58)62-28-8-6-26-60-42(52)4-2/h3-4,9-24,39-40,43-44H,1-2,5-8,25-30H2/t39-,40-,43+,44+/m1/s1. The van der Waals surface area contributed by atoms with Crippen LogP contribution >= 0.6 is 0 Å². The monoisotopic (exact) mass is 966 g/mol. The molecule has 366 valence electrons. The van der Waals surface area contributed by atoms with Gasteiger partial charge in [0.2, 0.25) is 0 Å². The van der Waals surface area contributed by atoms with Gasteiger partial charge in [0.1, 0.15) is 35.2 Å². The number of hydrogen-bond acceptors (Lipinski definition) is 20. The van der Waals surface area contributed by atoms with E-state index in [4.69, 9.17) is 56.8 Å². The average Bonchev–Trinajstić information content (AvgIpc) is 3.96. The molecule has 0 saturated carbocycles. The molecule has 2 fully saturated rings. The molecule has 2 aliphatic heterocycles. The normalized spacial score (nSPS) is 16.5. The first-order valence-corrected chi connectivity index (χ1v) is 21.7. The summed E-state index contributed by atoms with van der Waals surface area (Å²) in [6.45, 7) is 6.98. The van der Waals surface area contributed by atoms with Crippen LogP contribution in [0.1, 0.15) is 67.1 Å². The number of carbonyl (C=O) groups is 8. The molecule has 0 aromatic heterocycles. The lowest BCUT2D eigenvalue weighted by Gasteiger charge is -2.17. The molecule has 6 rings (SSSR count). The third kappa shape index (κ3) is 15.3. The Morgan fingerprint density at radius 1 is 0.414 bits per heavy atom. The van der Waals surface area contributed by atoms with E-state index in [1.807, 2.05) is 0 Å². The van der Waals surface area contributed by atoms with Gasteiger partial charge in [-0.3, -0.25) is 0 Å². The van der Waals surface area contributed by atoms with Gasteiger partial charge in [0.05, 0.1) is 61.9 Å². The van der Waals surface area contributed by atoms with Crippen molar-refractivity contribution < 1.29 is 95.2 Å². The topological polar surface area (TPSA) is 247 Å². The van der Waals surface area contributed by atoms with Gasteiger partial charge in [0.15, 0.2) is 12.2 Å². The molecule has 20 heteroatoms. The maximum Gasteiger partial charge on any atom is 0.513 e. The maximum atomic E-state index is 13.1. The first-order chi connectivity index (χ1) is 33.9. The van der Waals surface area contributed by atoms with Crippen LogP contribution in [0.25, 0.3) is 0 Å². The Morgan fingerprint density at radius 2 is 0.700 bits per heavy atom. The summed E-state index contributed by atoms with van der Waals surface area (Å²) in [7, 11) is 0. The van der Waals surface area contributed by atoms with Crippen molar-refractivity contribution in [3.8, 4) is 23.0 Å². The number of ether oxygens (including phenoxy) is 12. The highest BCUT2D eigenvalue weighted by Gasteiger charge is 2.51. The quantitative estimate of drug-likeness (QED) is 0.0198. The third-order valence-electron chi connectivity index (χ3n) is 10.0. The lowest BCUT2D eigenvalue weighted by molar-refractivity contribution is -0.138. The summed E-state index contributed by atoms with van der Waals surface area (Å²) >= 11 is 0. The van der Waals surface area contributed by atoms with Crippen molar-refractivity contribution in [2.45, 2.75) is 50.1 Å². The Kier molecular flexibility index (Phi) is 18.7. The van der Waals surface area contributed by atoms with Crippen LogP contribution in [0, 0.1) is 0 Å². The van der Waals surface area contributed by atoms with Crippen LogP contribution < -0.4 is 18.9 Å². The highest BCUT2D eigenvalue weighted by Crippen LogP contribution is 2.32. The molecule has 0 spiro atoms. The average molecular weight is 967 g/mol. The van der Waals surface area contributed by atoms with Gasteiger partial charge in [-0.25, -0.2) is 38.4 Å². The van der Waals surface area contributed by atoms with Crippen LogP contribution in [0.3, 0.4) is 0 Å². The van der Waals surface area contributed by atoms with E-state index in [1.54, 1.807) is 0 Å². The number of benzene rings is 4. The minimum Gasteiger partial charge on any atom is -0.463 e. The van der Waals surface area contributed by atoms with Gasteiger partial charge in [0, 0.05) is 12.2 Å². The molecule has 4 aromatic carbocycles. The number of esters is 6. The second-order valence-electron chi connectivity index (χ2n) is 14.9. The summed E-state index contributed by atoms with van der Waals surface area (Å²) in [6.07, 6.45) is -0.999. The molecule has 0 N–H and O–H groups in total. The SMILES string of the molecule is C=CC(=O)OCCCCOC(=O)Oc1ccc(C(=O)Oc2ccc(C(=O)O[C@@H]3CO[C@@H]4[C@H]3OC[C@H]4OC(=O)c3ccc(OC(=O)c4ccc(OC(=O)OCCCCOC(=O)C=C)cc4)cc3)cc2)cc1. The molecule has 0 aliphatic carbocycles. The van der Waals surface area contributed by atoms with E-state index in [1.165, 1.54) is 97.1 Å². The molecular formula is C50H46O20. The minimum atomic E-state index is -0.945. The number of rotatable bonds is 22. The molecule has 0 unspecified atom stereocenters. The van der Waals surface area contributed by atoms with Crippen LogP contribution in [0.4, 0.5) is 9.59 Å². The minimum absolute atomic E-state index is 0.0198. The Morgan fingerprint density at radius 3 is 1.01 bits per heavy atom. The van der Waals surface area contributed by atoms with Crippen LogP contribution in [0.2, 0.25) is 0 Å². The van der Waals surface area contributed by atoms with Crippen molar-refractivity contribution in [2.24, 2.45) is 0 Å². The lowest BCUT2D eigenvalue weighted by Crippen LogP contribution is -2.36. The number of hydrogen-bond donors (Lipinski definition) is 0. The molecule has 2 aliphatic rings. The molecule has 4 atom stereocenters. The van der Waals surface area contributed by atoms with Crippen molar-refractivity contribution in [2.75, 3.05) is 39.6 Å². The van der Waals surface area contributed by atoms with Gasteiger partial charge in [0.25, 0.3) is 0 Å². The molecule has 4 aromatic rings. The summed E-state index contributed by atoms with van der Waals surface area (Å²) in [4.78, 5) is 97.6. The summed E-state index contributed by atoms with van der Waals surface area (Å²) in [5, 5.41) is 0. The van der Waals surface area contributed by atoms with Gasteiger partial charge in [-0.1, -0.05) is 13.2 Å². The Labute approximate surface area is 399 Å². The van der Waals surface area contributed by atoms with Crippen LogP contribution in [-0.2, 0) is 47.5 Å². The molecule has 0 bridgehead atoms. The molecule has 20 nitrogen and oxygen atoms in total. The molecule has 0 amide bonds. The molecular weight excluding hydrogens is 921 g/mol. The second kappa shape index (κ2) is 25.7. The number of fused-ring (bicyclic) bond motifs is 1. The Hall–Kier alpha value is -8.36. The predicted molar refractivity (Wildman–Crippen MR) is 238 cm³/mol. The summed E-state index contributed by atoms with van der Waals surface area (Å²) in [5.74, 6) is -3.35. The predicted octanol–water partition coefficient (Wildman–Crippen LogP) is 6.72. The smallest absolute Gasteiger partial charge is 0.463 e. The zero-order valence-corrected chi connectivity index (χ0v) is 37.4. The Balaban J connectivity index is 0.876. The molecule has 2 saturated heterocycles. The molecule has 70 heavy (non-hydrogen) atoms. The zero-order chi connectivity index (χ0) is 49.8. The van der Waals surface area contributed by atoms with Crippen molar-refractivity contribution in [1.82, 2.24) is 0 Å². The van der Waals surface area contributed by atoms with Crippen LogP contribution in [-0.4, -0.2) is 112 Å². The van der Waals surface area contributed by atoms with E-state index in [0.29, 0.717) is 25.7 Å². The zero-order valence-electron chi connectivity index (χ0n) is 37.4. The van der Waals surface area contributed by atoms with E-state index >= 15 is 0 Å². The van der Waals surface area contributed by atoms with E-state index in [2.05, 4.69) is 13.2 Å². The largest absolute Gasteiger partial charge is 0.513 e. The van der Waals surface area contributed by atoms with Crippen LogP contribution in [0.5, 0.6) is 23.0 Å². The highest BCUT2D eigenvalue weighted by atomic mass is 16.7. The summed E-state index contributed by atoms with van der Waals surface area (Å²) < 4.78 is 63.7. The van der Waals surface area contributed by atoms with Crippen molar-refractivity contribution in [3.63, 3.8) is 0 Å². The van der Waals surface area contributed by atoms with Gasteiger partial charge in [-0.15, -0.1) is 0 Å². The van der Waals surface area contributed by atoms with Gasteiger partial charge in [-0.2, -0.15) is 0 Å². The van der Waals surface area contributed by atoms with E-state index in [-0.39, 0.29) is 84.9 Å². The lowest BCUT2D eigenvalue weighted by atomic mass is 10.1. The van der Waals surface area contributed by atoms with Crippen LogP contribution in [0.15, 0.2) is 122 Å². The van der Waals surface area contributed by atoms with E-state index in [0.717, 1.165) is 12.2 Å². The maximum absolute atomic E-state index is 13.1. The number of unbranched alkanes of at least 4 members (excludes halogenated alkanes) is 2. The fourth-order valence-electron chi connectivity index (χ4n) is 6.44. The summed E-state index contributed by atoms with van der Waals surface area (Å²) in [5.41, 5.74) is 0.613. The molecule has 0 radical (unpaired) electrons. The Bertz CT molecular complexity index is 2320. The van der Waals surface area contributed by atoms with Crippen molar-refractivity contribution in [3.05, 3.63) is 145 Å². The second-order valence-corrected chi connectivity index (χ2v) is 14.9. The third-order valence-corrected chi connectivity index (χ3v) is 10.0. The van der Waals surface area contributed by atoms with Gasteiger partial charge >= 0.3 is 48.1 Å². The van der Waals surface area contributed by atoms with E-state index in [9.17, 15) is 38.4 Å². The first-order valence-electron chi connectivity index (χ1n) is 21.7. The highest BCUT2D eigenvalue weighted by molar-refractivity contribution is 5.93. The van der Waals surface area contributed by atoms with E-state index < -0.39 is 72.5 Å². The van der Waals surface area contributed by atoms with Crippen molar-refractivity contribution >= 4 is 48.1 Å². The van der Waals surface area contributed by atoms with Crippen molar-refractivity contribution in [1.29, 1.82) is 0 Å². The first kappa shape index (κ1) is 51.0. The molecule has 2 heterocycles. The van der Waals surface area contributed by atoms with Gasteiger partial charge < -0.3 is 56.8 Å². The number of carbonyl (C=O) groups excluding carboxylic acids is 8. The fourth-order valence-corrected chi connectivity index (χ4v) is 6.44. The fraction of sp³-hybridized carbons (Fsp3) is 0.280.